The van der Waals surface area contributed by atoms with Crippen LogP contribution in [-0.4, -0.2) is 33.0 Å². The van der Waals surface area contributed by atoms with Gasteiger partial charge in [0.15, 0.2) is 0 Å². The molecule has 5 heteroatoms. The topological polar surface area (TPSA) is 77.0 Å². The van der Waals surface area contributed by atoms with Gasteiger partial charge in [-0.2, -0.15) is 5.10 Å². The fourth-order valence-corrected chi connectivity index (χ4v) is 7.54. The first-order chi connectivity index (χ1) is 14.9. The zero-order chi connectivity index (χ0) is 21.8. The van der Waals surface area contributed by atoms with Crippen LogP contribution in [0.1, 0.15) is 50.8 Å². The third-order valence-electron chi connectivity index (χ3n) is 9.52. The Hall–Kier alpha value is -1.98. The zero-order valence-corrected chi connectivity index (χ0v) is 18.9. The van der Waals surface area contributed by atoms with Crippen LogP contribution in [0.3, 0.4) is 0 Å². The minimum Gasteiger partial charge on any atom is -0.396 e. The van der Waals surface area contributed by atoms with Crippen molar-refractivity contribution in [2.75, 3.05) is 13.2 Å². The summed E-state index contributed by atoms with van der Waals surface area (Å²) in [6.07, 6.45) is 12.2. The molecule has 0 unspecified atom stereocenters. The van der Waals surface area contributed by atoms with E-state index in [-0.39, 0.29) is 23.4 Å². The molecule has 3 aliphatic carbocycles. The molecule has 0 amide bonds. The van der Waals surface area contributed by atoms with Crippen molar-refractivity contribution in [2.24, 2.45) is 40.2 Å². The van der Waals surface area contributed by atoms with Crippen LogP contribution < -0.4 is 5.73 Å². The lowest BCUT2D eigenvalue weighted by Gasteiger charge is -2.55. The molecule has 3 N–H and O–H groups in total. The highest BCUT2D eigenvalue weighted by atomic mass is 16.3. The van der Waals surface area contributed by atoms with E-state index in [1.807, 2.05) is 29.2 Å². The van der Waals surface area contributed by atoms with Crippen LogP contribution in [0.25, 0.3) is 5.69 Å². The average Bonchev–Trinajstić information content (AvgIpc) is 3.32. The molecule has 3 aliphatic rings. The molecular formula is C26H36N4O. The molecule has 0 aromatic carbocycles. The minimum atomic E-state index is 0.0276. The highest BCUT2D eigenvalue weighted by Gasteiger charge is 2.56. The molecule has 6 atom stereocenters. The molecule has 0 aliphatic heterocycles. The molecule has 0 spiro atoms. The number of aliphatic hydroxyl groups is 1. The number of aliphatic hydroxyl groups excluding tert-OH is 1. The molecule has 5 rings (SSSR count). The van der Waals surface area contributed by atoms with Gasteiger partial charge in [-0.15, -0.1) is 0 Å². The van der Waals surface area contributed by atoms with Crippen LogP contribution in [0.15, 0.2) is 42.9 Å². The van der Waals surface area contributed by atoms with Crippen molar-refractivity contribution in [2.45, 2.75) is 52.4 Å². The van der Waals surface area contributed by atoms with E-state index in [2.05, 4.69) is 25.4 Å². The summed E-state index contributed by atoms with van der Waals surface area (Å²) in [7, 11) is 0. The summed E-state index contributed by atoms with van der Waals surface area (Å²) in [5, 5.41) is 15.3. The third kappa shape index (κ3) is 3.04. The molecule has 31 heavy (non-hydrogen) atoms. The Morgan fingerprint density at radius 3 is 2.81 bits per heavy atom. The third-order valence-corrected chi connectivity index (χ3v) is 9.52. The Morgan fingerprint density at radius 2 is 2.10 bits per heavy atom. The first-order valence-corrected chi connectivity index (χ1v) is 11.9. The highest BCUT2D eigenvalue weighted by Crippen LogP contribution is 2.62. The van der Waals surface area contributed by atoms with Crippen LogP contribution in [0.2, 0.25) is 0 Å². The van der Waals surface area contributed by atoms with Gasteiger partial charge in [-0.05, 0) is 97.3 Å². The fourth-order valence-electron chi connectivity index (χ4n) is 7.54. The first-order valence-electron chi connectivity index (χ1n) is 11.9. The van der Waals surface area contributed by atoms with Crippen LogP contribution in [0.5, 0.6) is 0 Å². The molecule has 2 aromatic heterocycles. The Labute approximate surface area is 185 Å². The van der Waals surface area contributed by atoms with Crippen LogP contribution in [-0.2, 0) is 12.8 Å². The van der Waals surface area contributed by atoms with Gasteiger partial charge in [0.25, 0.3) is 0 Å². The van der Waals surface area contributed by atoms with E-state index in [0.29, 0.717) is 17.8 Å². The number of hydrogen-bond acceptors (Lipinski definition) is 4. The van der Waals surface area contributed by atoms with Crippen molar-refractivity contribution in [3.63, 3.8) is 0 Å². The van der Waals surface area contributed by atoms with E-state index in [9.17, 15) is 5.11 Å². The van der Waals surface area contributed by atoms with Crippen molar-refractivity contribution in [3.8, 4) is 5.69 Å². The predicted molar refractivity (Wildman–Crippen MR) is 123 cm³/mol. The van der Waals surface area contributed by atoms with Crippen molar-refractivity contribution in [1.82, 2.24) is 14.8 Å². The average molecular weight is 421 g/mol. The Bertz CT molecular complexity index is 969. The largest absolute Gasteiger partial charge is 0.396 e. The standard InChI is InChI=1S/C26H36N4O/c1-17-6-7-22-21(13-27)23(8-9-25(17,22)2)26(3)12-18-14-29-30(20-5-4-10-28-15-20)24(18)11-19(26)16-31/h4-5,10,14-15,19,21-23,31H,1,6-9,11-13,16,27H2,2-3H3/t19-,21+,22+,23+,25-,26+/m1/s1. The minimum absolute atomic E-state index is 0.0276. The summed E-state index contributed by atoms with van der Waals surface area (Å²) in [5.74, 6) is 1.85. The lowest BCUT2D eigenvalue weighted by atomic mass is 9.49. The molecule has 2 saturated carbocycles. The van der Waals surface area contributed by atoms with E-state index in [4.69, 9.17) is 10.8 Å². The second-order valence-corrected chi connectivity index (χ2v) is 10.7. The quantitative estimate of drug-likeness (QED) is 0.735. The molecule has 2 heterocycles. The number of nitrogens with two attached hydrogens (primary N) is 1. The SMILES string of the molecule is C=C1CC[C@H]2[C@H](CN)[C@@H]([C@@]3(C)Cc4cnn(-c5cccnc5)c4C[C@@H]3CO)CC[C@]12C. The second-order valence-electron chi connectivity index (χ2n) is 10.7. The normalized spacial score (nSPS) is 37.5. The van der Waals surface area contributed by atoms with E-state index < -0.39 is 0 Å². The van der Waals surface area contributed by atoms with E-state index in [1.165, 1.54) is 36.1 Å². The number of fused-ring (bicyclic) bond motifs is 2. The number of rotatable bonds is 4. The van der Waals surface area contributed by atoms with Crippen molar-refractivity contribution >= 4 is 0 Å². The van der Waals surface area contributed by atoms with Gasteiger partial charge in [-0.3, -0.25) is 4.98 Å². The number of allylic oxidation sites excluding steroid dienone is 1. The van der Waals surface area contributed by atoms with Crippen molar-refractivity contribution in [3.05, 3.63) is 54.1 Å². The maximum atomic E-state index is 10.5. The van der Waals surface area contributed by atoms with E-state index in [1.54, 1.807) is 6.20 Å². The van der Waals surface area contributed by atoms with Gasteiger partial charge in [-0.1, -0.05) is 26.0 Å². The first kappa shape index (κ1) is 20.9. The summed E-state index contributed by atoms with van der Waals surface area (Å²) in [6, 6.07) is 3.99. The summed E-state index contributed by atoms with van der Waals surface area (Å²) in [6.45, 7) is 10.2. The van der Waals surface area contributed by atoms with Gasteiger partial charge >= 0.3 is 0 Å². The van der Waals surface area contributed by atoms with E-state index >= 15 is 0 Å². The van der Waals surface area contributed by atoms with Gasteiger partial charge in [0.05, 0.1) is 18.1 Å². The van der Waals surface area contributed by atoms with Gasteiger partial charge in [-0.25, -0.2) is 4.68 Å². The highest BCUT2D eigenvalue weighted by molar-refractivity contribution is 5.35. The molecular weight excluding hydrogens is 384 g/mol. The van der Waals surface area contributed by atoms with Gasteiger partial charge < -0.3 is 10.8 Å². The van der Waals surface area contributed by atoms with Crippen molar-refractivity contribution < 1.29 is 5.11 Å². The zero-order valence-electron chi connectivity index (χ0n) is 18.9. The summed E-state index contributed by atoms with van der Waals surface area (Å²) >= 11 is 0. The lowest BCUT2D eigenvalue weighted by molar-refractivity contribution is -0.0537. The fraction of sp³-hybridized carbons (Fsp3) is 0.615. The van der Waals surface area contributed by atoms with E-state index in [0.717, 1.165) is 31.5 Å². The number of nitrogens with zero attached hydrogens (tertiary/aromatic N) is 3. The maximum absolute atomic E-state index is 10.5. The lowest BCUT2D eigenvalue weighted by Crippen LogP contribution is -2.53. The van der Waals surface area contributed by atoms with Gasteiger partial charge in [0.2, 0.25) is 0 Å². The van der Waals surface area contributed by atoms with Crippen molar-refractivity contribution in [1.29, 1.82) is 0 Å². The molecule has 2 aromatic rings. The van der Waals surface area contributed by atoms with Crippen LogP contribution in [0.4, 0.5) is 0 Å². The number of aromatic nitrogens is 3. The predicted octanol–water partition coefficient (Wildman–Crippen LogP) is 3.94. The monoisotopic (exact) mass is 420 g/mol. The summed E-state index contributed by atoms with van der Waals surface area (Å²) < 4.78 is 2.02. The molecule has 0 saturated heterocycles. The molecule has 5 nitrogen and oxygen atoms in total. The maximum Gasteiger partial charge on any atom is 0.0832 e. The van der Waals surface area contributed by atoms with Crippen LogP contribution in [0, 0.1) is 34.5 Å². The molecule has 166 valence electrons. The number of pyridine rings is 1. The molecule has 0 bridgehead atoms. The number of hydrogen-bond donors (Lipinski definition) is 2. The summed E-state index contributed by atoms with van der Waals surface area (Å²) in [4.78, 5) is 4.26. The van der Waals surface area contributed by atoms with Gasteiger partial charge in [0, 0.05) is 18.5 Å². The van der Waals surface area contributed by atoms with Gasteiger partial charge in [0.1, 0.15) is 0 Å². The Kier molecular flexibility index (Phi) is 5.10. The smallest absolute Gasteiger partial charge is 0.0832 e. The second kappa shape index (κ2) is 7.56. The Balaban J connectivity index is 1.50. The molecule has 0 radical (unpaired) electrons. The van der Waals surface area contributed by atoms with Crippen LogP contribution >= 0.6 is 0 Å². The molecule has 2 fully saturated rings. The Morgan fingerprint density at radius 1 is 1.26 bits per heavy atom. The summed E-state index contributed by atoms with van der Waals surface area (Å²) in [5.41, 5.74) is 11.7.